The topological polar surface area (TPSA) is 12.9 Å². The maximum absolute atomic E-state index is 4.26. The van der Waals surface area contributed by atoms with E-state index in [0.717, 1.165) is 13.7 Å². The van der Waals surface area contributed by atoms with E-state index < -0.39 is 0 Å². The van der Waals surface area contributed by atoms with Gasteiger partial charge in [-0.05, 0) is 34.2 Å². The second-order valence-corrected chi connectivity index (χ2v) is 5.12. The van der Waals surface area contributed by atoms with E-state index in [2.05, 4.69) is 67.8 Å². The number of rotatable bonds is 2. The van der Waals surface area contributed by atoms with E-state index in [1.54, 1.807) is 6.20 Å². The first-order valence-electron chi connectivity index (χ1n) is 4.80. The van der Waals surface area contributed by atoms with Crippen LogP contribution in [0, 0.1) is 3.70 Å². The van der Waals surface area contributed by atoms with E-state index in [0.29, 0.717) is 0 Å². The predicted molar refractivity (Wildman–Crippen MR) is 80.0 cm³/mol. The van der Waals surface area contributed by atoms with E-state index in [-0.39, 0.29) is 0 Å². The van der Waals surface area contributed by atoms with Crippen molar-refractivity contribution >= 4 is 50.7 Å². The highest BCUT2D eigenvalue weighted by molar-refractivity contribution is 14.1. The Hall–Kier alpha value is -0.680. The Labute approximate surface area is 117 Å². The molecule has 16 heavy (non-hydrogen) atoms. The van der Waals surface area contributed by atoms with Crippen molar-refractivity contribution in [1.29, 1.82) is 0 Å². The molecule has 0 radical (unpaired) electrons. The minimum atomic E-state index is 0.999. The van der Waals surface area contributed by atoms with Gasteiger partial charge >= 0.3 is 0 Å². The van der Waals surface area contributed by atoms with Gasteiger partial charge in [0, 0.05) is 16.2 Å². The van der Waals surface area contributed by atoms with E-state index in [1.807, 2.05) is 24.3 Å². The van der Waals surface area contributed by atoms with Gasteiger partial charge in [-0.1, -0.05) is 58.4 Å². The molecule has 0 spiro atoms. The van der Waals surface area contributed by atoms with Crippen LogP contribution < -0.4 is 0 Å². The fraction of sp³-hybridized carbons (Fsp3) is 0. The number of halogens is 2. The van der Waals surface area contributed by atoms with Gasteiger partial charge in [-0.15, -0.1) is 0 Å². The third kappa shape index (κ3) is 2.92. The zero-order chi connectivity index (χ0) is 11.4. The largest absolute Gasteiger partial charge is 0.250 e. The van der Waals surface area contributed by atoms with Gasteiger partial charge < -0.3 is 0 Å². The predicted octanol–water partition coefficient (Wildman–Crippen LogP) is 4.62. The third-order valence-corrected chi connectivity index (χ3v) is 3.68. The van der Waals surface area contributed by atoms with Crippen molar-refractivity contribution in [2.24, 2.45) is 0 Å². The number of benzene rings is 1. The molecule has 0 unspecified atom stereocenters. The Balaban J connectivity index is 2.31. The molecule has 2 rings (SSSR count). The number of aromatic nitrogens is 1. The summed E-state index contributed by atoms with van der Waals surface area (Å²) in [7, 11) is 0. The molecule has 80 valence electrons. The van der Waals surface area contributed by atoms with Gasteiger partial charge in [0.1, 0.15) is 3.70 Å². The van der Waals surface area contributed by atoms with Crippen LogP contribution in [0.25, 0.3) is 12.2 Å². The molecule has 0 fully saturated rings. The highest BCUT2D eigenvalue weighted by Gasteiger charge is 2.01. The molecule has 1 heterocycles. The van der Waals surface area contributed by atoms with Crippen LogP contribution in [-0.4, -0.2) is 4.98 Å². The summed E-state index contributed by atoms with van der Waals surface area (Å²) >= 11 is 5.76. The highest BCUT2D eigenvalue weighted by Crippen LogP contribution is 2.22. The summed E-state index contributed by atoms with van der Waals surface area (Å²) in [5, 5.41) is 0. The SMILES string of the molecule is Brc1ccnc(I)c1/C=C/c1ccccc1. The minimum absolute atomic E-state index is 0.999. The van der Waals surface area contributed by atoms with Crippen LogP contribution in [0.1, 0.15) is 11.1 Å². The molecular weight excluding hydrogens is 377 g/mol. The highest BCUT2D eigenvalue weighted by atomic mass is 127. The Morgan fingerprint density at radius 1 is 1.06 bits per heavy atom. The summed E-state index contributed by atoms with van der Waals surface area (Å²) in [6, 6.07) is 12.2. The Morgan fingerprint density at radius 3 is 2.50 bits per heavy atom. The smallest absolute Gasteiger partial charge is 0.109 e. The van der Waals surface area contributed by atoms with Gasteiger partial charge in [0.2, 0.25) is 0 Å². The zero-order valence-electron chi connectivity index (χ0n) is 8.40. The summed E-state index contributed by atoms with van der Waals surface area (Å²) in [4.78, 5) is 4.26. The van der Waals surface area contributed by atoms with Gasteiger partial charge in [-0.2, -0.15) is 0 Å². The van der Waals surface area contributed by atoms with Crippen molar-refractivity contribution in [2.45, 2.75) is 0 Å². The summed E-state index contributed by atoms with van der Waals surface area (Å²) in [5.74, 6) is 0. The molecule has 2 aromatic rings. The molecule has 1 aromatic carbocycles. The second-order valence-electron chi connectivity index (χ2n) is 3.24. The summed E-state index contributed by atoms with van der Waals surface area (Å²) in [5.41, 5.74) is 2.31. The summed E-state index contributed by atoms with van der Waals surface area (Å²) in [6.07, 6.45) is 5.96. The maximum atomic E-state index is 4.26. The fourth-order valence-corrected chi connectivity index (χ4v) is 2.76. The number of pyridine rings is 1. The Kier molecular flexibility index (Phi) is 4.12. The van der Waals surface area contributed by atoms with Crippen LogP contribution in [0.2, 0.25) is 0 Å². The van der Waals surface area contributed by atoms with Gasteiger partial charge in [-0.25, -0.2) is 4.98 Å². The lowest BCUT2D eigenvalue weighted by molar-refractivity contribution is 1.25. The van der Waals surface area contributed by atoms with E-state index in [1.165, 1.54) is 5.56 Å². The van der Waals surface area contributed by atoms with E-state index in [9.17, 15) is 0 Å². The van der Waals surface area contributed by atoms with Crippen molar-refractivity contribution in [3.63, 3.8) is 0 Å². The average molecular weight is 386 g/mol. The first kappa shape index (κ1) is 11.8. The third-order valence-electron chi connectivity index (χ3n) is 2.13. The first-order chi connectivity index (χ1) is 7.77. The number of hydrogen-bond acceptors (Lipinski definition) is 1. The summed E-state index contributed by atoms with van der Waals surface area (Å²) < 4.78 is 2.07. The van der Waals surface area contributed by atoms with Crippen LogP contribution in [-0.2, 0) is 0 Å². The van der Waals surface area contributed by atoms with Crippen LogP contribution in [0.4, 0.5) is 0 Å². The van der Waals surface area contributed by atoms with Crippen LogP contribution in [0.5, 0.6) is 0 Å². The maximum Gasteiger partial charge on any atom is 0.109 e. The Bertz CT molecular complexity index is 488. The van der Waals surface area contributed by atoms with Gasteiger partial charge in [0.15, 0.2) is 0 Å². The molecule has 0 saturated heterocycles. The zero-order valence-corrected chi connectivity index (χ0v) is 12.1. The summed E-state index contributed by atoms with van der Waals surface area (Å²) in [6.45, 7) is 0. The molecule has 0 aliphatic heterocycles. The quantitative estimate of drug-likeness (QED) is 0.543. The monoisotopic (exact) mass is 385 g/mol. The molecule has 0 aliphatic rings. The second kappa shape index (κ2) is 5.59. The lowest BCUT2D eigenvalue weighted by Gasteiger charge is -2.00. The molecule has 0 atom stereocenters. The van der Waals surface area contributed by atoms with Crippen molar-refractivity contribution in [3.8, 4) is 0 Å². The molecule has 0 N–H and O–H groups in total. The molecular formula is C13H9BrIN. The van der Waals surface area contributed by atoms with Crippen molar-refractivity contribution in [1.82, 2.24) is 4.98 Å². The van der Waals surface area contributed by atoms with Gasteiger partial charge in [0.05, 0.1) is 0 Å². The number of hydrogen-bond donors (Lipinski definition) is 0. The normalized spacial score (nSPS) is 10.9. The van der Waals surface area contributed by atoms with Crippen molar-refractivity contribution < 1.29 is 0 Å². The lowest BCUT2D eigenvalue weighted by atomic mass is 10.2. The van der Waals surface area contributed by atoms with Crippen LogP contribution >= 0.6 is 38.5 Å². The lowest BCUT2D eigenvalue weighted by Crippen LogP contribution is -1.86. The molecule has 1 nitrogen and oxygen atoms in total. The van der Waals surface area contributed by atoms with Gasteiger partial charge in [-0.3, -0.25) is 0 Å². The molecule has 0 bridgehead atoms. The Morgan fingerprint density at radius 2 is 1.81 bits per heavy atom. The van der Waals surface area contributed by atoms with Gasteiger partial charge in [0.25, 0.3) is 0 Å². The first-order valence-corrected chi connectivity index (χ1v) is 6.67. The average Bonchev–Trinajstić information content (AvgIpc) is 2.30. The molecule has 0 saturated carbocycles. The fourth-order valence-electron chi connectivity index (χ4n) is 1.32. The van der Waals surface area contributed by atoms with E-state index >= 15 is 0 Å². The van der Waals surface area contributed by atoms with Crippen LogP contribution in [0.15, 0.2) is 47.1 Å². The van der Waals surface area contributed by atoms with Crippen LogP contribution in [0.3, 0.4) is 0 Å². The molecule has 3 heteroatoms. The standard InChI is InChI=1S/C13H9BrIN/c14-12-8-9-16-13(15)11(12)7-6-10-4-2-1-3-5-10/h1-9H/b7-6+. The van der Waals surface area contributed by atoms with Crippen molar-refractivity contribution in [2.75, 3.05) is 0 Å². The van der Waals surface area contributed by atoms with E-state index in [4.69, 9.17) is 0 Å². The molecule has 0 aliphatic carbocycles. The molecule has 0 amide bonds. The molecule has 1 aromatic heterocycles. The number of nitrogens with zero attached hydrogens (tertiary/aromatic N) is 1. The minimum Gasteiger partial charge on any atom is -0.250 e. The van der Waals surface area contributed by atoms with Crippen molar-refractivity contribution in [3.05, 3.63) is 61.9 Å².